The Morgan fingerprint density at radius 2 is 1.92 bits per heavy atom. The highest BCUT2D eigenvalue weighted by Crippen LogP contribution is 2.32. The number of nitro benzene ring substituents is 1. The number of anilines is 1. The van der Waals surface area contributed by atoms with Crippen LogP contribution in [0.1, 0.15) is 33.3 Å². The molecular weight excluding hydrogens is 336 g/mol. The lowest BCUT2D eigenvalue weighted by molar-refractivity contribution is -0.384. The van der Waals surface area contributed by atoms with Crippen LogP contribution in [0, 0.1) is 16.0 Å². The number of esters is 1. The van der Waals surface area contributed by atoms with Crippen LogP contribution in [0.2, 0.25) is 0 Å². The van der Waals surface area contributed by atoms with Crippen molar-refractivity contribution in [2.75, 3.05) is 32.2 Å². The van der Waals surface area contributed by atoms with Gasteiger partial charge in [0, 0.05) is 32.3 Å². The Kier molecular flexibility index (Phi) is 8.25. The standard InChI is InChI=1S/C19H28N2O5/c1-13(2)11-20(12-15(4)25-5)17-8-7-16(10-18(17)21(23)24)14(3)9-19(22)26-6/h7-10,13,15H,11-12H2,1-6H3/b14-9+/t15-/m1/s1. The van der Waals surface area contributed by atoms with Gasteiger partial charge in [0.2, 0.25) is 0 Å². The van der Waals surface area contributed by atoms with Crippen molar-refractivity contribution in [1.82, 2.24) is 0 Å². The Balaban J connectivity index is 3.34. The summed E-state index contributed by atoms with van der Waals surface area (Å²) < 4.78 is 9.94. The second-order valence-electron chi connectivity index (χ2n) is 6.66. The van der Waals surface area contributed by atoms with E-state index in [1.54, 1.807) is 26.2 Å². The molecule has 0 unspecified atom stereocenters. The minimum absolute atomic E-state index is 0.00377. The van der Waals surface area contributed by atoms with Crippen molar-refractivity contribution < 1.29 is 19.2 Å². The molecule has 7 nitrogen and oxygen atoms in total. The van der Waals surface area contributed by atoms with E-state index in [9.17, 15) is 14.9 Å². The summed E-state index contributed by atoms with van der Waals surface area (Å²) in [4.78, 5) is 24.6. The Labute approximate surface area is 154 Å². The Morgan fingerprint density at radius 1 is 1.27 bits per heavy atom. The van der Waals surface area contributed by atoms with E-state index < -0.39 is 10.9 Å². The fourth-order valence-corrected chi connectivity index (χ4v) is 2.60. The molecule has 26 heavy (non-hydrogen) atoms. The minimum atomic E-state index is -0.496. The summed E-state index contributed by atoms with van der Waals surface area (Å²) in [5.41, 5.74) is 1.76. The van der Waals surface area contributed by atoms with Gasteiger partial charge in [-0.3, -0.25) is 10.1 Å². The van der Waals surface area contributed by atoms with Gasteiger partial charge in [0.15, 0.2) is 0 Å². The first-order chi connectivity index (χ1) is 12.2. The van der Waals surface area contributed by atoms with Crippen LogP contribution in [0.25, 0.3) is 5.57 Å². The fourth-order valence-electron chi connectivity index (χ4n) is 2.60. The number of benzene rings is 1. The van der Waals surface area contributed by atoms with Gasteiger partial charge in [0.25, 0.3) is 5.69 Å². The number of methoxy groups -OCH3 is 2. The number of rotatable bonds is 9. The predicted octanol–water partition coefficient (Wildman–Crippen LogP) is 3.67. The van der Waals surface area contributed by atoms with E-state index >= 15 is 0 Å². The number of carbonyl (C=O) groups excluding carboxylic acids is 1. The van der Waals surface area contributed by atoms with Crippen LogP contribution in [0.5, 0.6) is 0 Å². The molecule has 1 rings (SSSR count). The van der Waals surface area contributed by atoms with E-state index in [2.05, 4.69) is 18.6 Å². The monoisotopic (exact) mass is 364 g/mol. The number of carbonyl (C=O) groups is 1. The summed E-state index contributed by atoms with van der Waals surface area (Å²) in [6, 6.07) is 5.00. The Morgan fingerprint density at radius 3 is 2.42 bits per heavy atom. The van der Waals surface area contributed by atoms with E-state index in [0.717, 1.165) is 0 Å². The number of hydrogen-bond donors (Lipinski definition) is 0. The van der Waals surface area contributed by atoms with Crippen molar-refractivity contribution in [3.63, 3.8) is 0 Å². The SMILES string of the molecule is COC(=O)/C=C(\C)c1ccc(N(CC(C)C)C[C@@H](C)OC)c([N+](=O)[O-])c1. The molecule has 0 N–H and O–H groups in total. The molecule has 0 heterocycles. The van der Waals surface area contributed by atoms with Gasteiger partial charge in [-0.2, -0.15) is 0 Å². The molecule has 0 bridgehead atoms. The van der Waals surface area contributed by atoms with Gasteiger partial charge in [-0.1, -0.05) is 19.9 Å². The van der Waals surface area contributed by atoms with Crippen LogP contribution in [-0.2, 0) is 14.3 Å². The third-order valence-corrected chi connectivity index (χ3v) is 3.97. The molecular formula is C19H28N2O5. The molecule has 0 saturated carbocycles. The lowest BCUT2D eigenvalue weighted by atomic mass is 10.0. The molecule has 0 aliphatic rings. The summed E-state index contributed by atoms with van der Waals surface area (Å²) in [6.07, 6.45) is 1.26. The highest BCUT2D eigenvalue weighted by atomic mass is 16.6. The van der Waals surface area contributed by atoms with Crippen LogP contribution in [-0.4, -0.2) is 44.3 Å². The first-order valence-electron chi connectivity index (χ1n) is 8.52. The molecule has 0 saturated heterocycles. The maximum Gasteiger partial charge on any atom is 0.330 e. The first-order valence-corrected chi connectivity index (χ1v) is 8.52. The first kappa shape index (κ1) is 21.6. The highest BCUT2D eigenvalue weighted by Gasteiger charge is 2.22. The molecule has 0 amide bonds. The quantitative estimate of drug-likeness (QED) is 0.288. The molecule has 0 aliphatic carbocycles. The van der Waals surface area contributed by atoms with E-state index in [1.807, 2.05) is 11.8 Å². The molecule has 0 fully saturated rings. The molecule has 0 aromatic heterocycles. The van der Waals surface area contributed by atoms with Crippen LogP contribution < -0.4 is 4.90 Å². The summed E-state index contributed by atoms with van der Waals surface area (Å²) in [6.45, 7) is 8.99. The molecule has 1 aromatic carbocycles. The number of ether oxygens (including phenoxy) is 2. The van der Waals surface area contributed by atoms with Crippen LogP contribution in [0.4, 0.5) is 11.4 Å². The molecule has 1 aromatic rings. The van der Waals surface area contributed by atoms with Crippen LogP contribution in [0.3, 0.4) is 0 Å². The topological polar surface area (TPSA) is 81.9 Å². The molecule has 1 atom stereocenters. The number of nitro groups is 1. The van der Waals surface area contributed by atoms with Gasteiger partial charge in [-0.25, -0.2) is 4.79 Å². The second kappa shape index (κ2) is 9.91. The number of nitrogens with zero attached hydrogens (tertiary/aromatic N) is 2. The van der Waals surface area contributed by atoms with Gasteiger partial charge < -0.3 is 14.4 Å². The second-order valence-corrected chi connectivity index (χ2v) is 6.66. The number of allylic oxidation sites excluding steroid dienone is 1. The molecule has 0 radical (unpaired) electrons. The maximum atomic E-state index is 11.7. The van der Waals surface area contributed by atoms with E-state index in [-0.39, 0.29) is 11.8 Å². The molecule has 144 valence electrons. The van der Waals surface area contributed by atoms with Gasteiger partial charge in [-0.05, 0) is 37.0 Å². The van der Waals surface area contributed by atoms with Crippen molar-refractivity contribution in [2.45, 2.75) is 33.8 Å². The normalized spacial score (nSPS) is 12.8. The average Bonchev–Trinajstić information content (AvgIpc) is 2.59. The third-order valence-electron chi connectivity index (χ3n) is 3.97. The van der Waals surface area contributed by atoms with E-state index in [4.69, 9.17) is 4.74 Å². The van der Waals surface area contributed by atoms with Gasteiger partial charge >= 0.3 is 5.97 Å². The summed E-state index contributed by atoms with van der Waals surface area (Å²) >= 11 is 0. The van der Waals surface area contributed by atoms with Crippen molar-refractivity contribution in [1.29, 1.82) is 0 Å². The zero-order chi connectivity index (χ0) is 19.9. The third kappa shape index (κ3) is 6.15. The zero-order valence-electron chi connectivity index (χ0n) is 16.3. The smallest absolute Gasteiger partial charge is 0.330 e. The summed E-state index contributed by atoms with van der Waals surface area (Å²) in [5, 5.41) is 11.7. The molecule has 0 spiro atoms. The van der Waals surface area contributed by atoms with Crippen LogP contribution in [0.15, 0.2) is 24.3 Å². The van der Waals surface area contributed by atoms with Crippen molar-refractivity contribution in [2.24, 2.45) is 5.92 Å². The highest BCUT2D eigenvalue weighted by molar-refractivity contribution is 5.91. The van der Waals surface area contributed by atoms with Gasteiger partial charge in [-0.15, -0.1) is 0 Å². The lowest BCUT2D eigenvalue weighted by Gasteiger charge is -2.29. The Hall–Kier alpha value is -2.41. The predicted molar refractivity (Wildman–Crippen MR) is 102 cm³/mol. The van der Waals surface area contributed by atoms with Crippen LogP contribution >= 0.6 is 0 Å². The lowest BCUT2D eigenvalue weighted by Crippen LogP contribution is -2.35. The number of hydrogen-bond acceptors (Lipinski definition) is 6. The average molecular weight is 364 g/mol. The van der Waals surface area contributed by atoms with E-state index in [1.165, 1.54) is 19.3 Å². The van der Waals surface area contributed by atoms with Crippen molar-refractivity contribution in [3.8, 4) is 0 Å². The largest absolute Gasteiger partial charge is 0.466 e. The molecule has 7 heteroatoms. The van der Waals surface area contributed by atoms with Gasteiger partial charge in [0.05, 0.1) is 18.1 Å². The summed E-state index contributed by atoms with van der Waals surface area (Å²) in [7, 11) is 2.91. The molecule has 0 aliphatic heterocycles. The van der Waals surface area contributed by atoms with Crippen molar-refractivity contribution >= 4 is 22.9 Å². The minimum Gasteiger partial charge on any atom is -0.466 e. The fraction of sp³-hybridized carbons (Fsp3) is 0.526. The van der Waals surface area contributed by atoms with Gasteiger partial charge in [0.1, 0.15) is 5.69 Å². The summed E-state index contributed by atoms with van der Waals surface area (Å²) in [5.74, 6) is -0.163. The van der Waals surface area contributed by atoms with E-state index in [0.29, 0.717) is 35.8 Å². The Bertz CT molecular complexity index is 670. The van der Waals surface area contributed by atoms with Crippen molar-refractivity contribution in [3.05, 3.63) is 40.0 Å². The maximum absolute atomic E-state index is 11.7. The zero-order valence-corrected chi connectivity index (χ0v) is 16.3.